The highest BCUT2D eigenvalue weighted by Gasteiger charge is 2.42. The number of carbonyl (C=O) groups excluding carboxylic acids is 4. The zero-order chi connectivity index (χ0) is 21.3. The van der Waals surface area contributed by atoms with Gasteiger partial charge in [-0.2, -0.15) is 0 Å². The van der Waals surface area contributed by atoms with Crippen molar-refractivity contribution in [2.75, 3.05) is 13.1 Å². The molecular weight excluding hydrogens is 376 g/mol. The van der Waals surface area contributed by atoms with Crippen molar-refractivity contribution in [3.63, 3.8) is 0 Å². The zero-order valence-electron chi connectivity index (χ0n) is 16.7. The minimum atomic E-state index is -0.657. The largest absolute Gasteiger partial charge is 0.361 e. The van der Waals surface area contributed by atoms with Crippen molar-refractivity contribution in [3.05, 3.63) is 52.4 Å². The topological polar surface area (TPSA) is 122 Å². The van der Waals surface area contributed by atoms with Gasteiger partial charge >= 0.3 is 0 Å². The number of carbonyl (C=O) groups is 4. The maximum atomic E-state index is 12.6. The zero-order valence-corrected chi connectivity index (χ0v) is 16.7. The van der Waals surface area contributed by atoms with Gasteiger partial charge in [0.1, 0.15) is 5.76 Å². The third-order valence-corrected chi connectivity index (χ3v) is 4.38. The van der Waals surface area contributed by atoms with Gasteiger partial charge < -0.3 is 15.2 Å². The van der Waals surface area contributed by atoms with E-state index in [2.05, 4.69) is 15.8 Å². The van der Waals surface area contributed by atoms with Crippen molar-refractivity contribution in [2.24, 2.45) is 0 Å². The summed E-state index contributed by atoms with van der Waals surface area (Å²) < 4.78 is 4.83. The summed E-state index contributed by atoms with van der Waals surface area (Å²) in [6, 6.07) is 5.93. The predicted octanol–water partition coefficient (Wildman–Crippen LogP) is 1.54. The molecule has 0 saturated carbocycles. The molecule has 2 heterocycles. The molecule has 9 nitrogen and oxygen atoms in total. The SMILES string of the molecule is Cc1cc(C(=O)NCCNC(=O)c2ccc3c(c2)C(=O)N(C(C)(C)C)C3=O)no1. The Morgan fingerprint density at radius 2 is 1.62 bits per heavy atom. The number of benzene rings is 1. The predicted molar refractivity (Wildman–Crippen MR) is 103 cm³/mol. The van der Waals surface area contributed by atoms with Crippen LogP contribution in [-0.2, 0) is 0 Å². The van der Waals surface area contributed by atoms with Gasteiger partial charge in [-0.1, -0.05) is 5.16 Å². The monoisotopic (exact) mass is 398 g/mol. The average Bonchev–Trinajstić information content (AvgIpc) is 3.19. The van der Waals surface area contributed by atoms with Crippen LogP contribution < -0.4 is 10.6 Å². The summed E-state index contributed by atoms with van der Waals surface area (Å²) in [7, 11) is 0. The van der Waals surface area contributed by atoms with Crippen molar-refractivity contribution in [3.8, 4) is 0 Å². The van der Waals surface area contributed by atoms with E-state index in [9.17, 15) is 19.2 Å². The van der Waals surface area contributed by atoms with Crippen LogP contribution in [0.3, 0.4) is 0 Å². The molecule has 2 aromatic rings. The van der Waals surface area contributed by atoms with Crippen LogP contribution in [0.1, 0.15) is 68.1 Å². The smallest absolute Gasteiger partial charge is 0.273 e. The van der Waals surface area contributed by atoms with Crippen molar-refractivity contribution >= 4 is 23.6 Å². The van der Waals surface area contributed by atoms with E-state index in [1.165, 1.54) is 29.2 Å². The maximum absolute atomic E-state index is 12.6. The highest BCUT2D eigenvalue weighted by Crippen LogP contribution is 2.29. The molecular formula is C20H22N4O5. The molecule has 0 saturated heterocycles. The first-order valence-corrected chi connectivity index (χ1v) is 9.12. The lowest BCUT2D eigenvalue weighted by Crippen LogP contribution is -2.45. The van der Waals surface area contributed by atoms with E-state index in [0.29, 0.717) is 5.76 Å². The van der Waals surface area contributed by atoms with Crippen LogP contribution >= 0.6 is 0 Å². The number of amides is 4. The molecule has 29 heavy (non-hydrogen) atoms. The fourth-order valence-corrected chi connectivity index (χ4v) is 3.01. The minimum absolute atomic E-state index is 0.166. The number of nitrogens with zero attached hydrogens (tertiary/aromatic N) is 2. The van der Waals surface area contributed by atoms with E-state index >= 15 is 0 Å². The minimum Gasteiger partial charge on any atom is -0.361 e. The summed E-state index contributed by atoms with van der Waals surface area (Å²) in [5.74, 6) is -1.07. The summed E-state index contributed by atoms with van der Waals surface area (Å²) >= 11 is 0. The third kappa shape index (κ3) is 4.03. The Morgan fingerprint density at radius 3 is 2.21 bits per heavy atom. The quantitative estimate of drug-likeness (QED) is 0.582. The molecule has 0 fully saturated rings. The molecule has 9 heteroatoms. The van der Waals surface area contributed by atoms with Gasteiger partial charge in [-0.15, -0.1) is 0 Å². The number of imide groups is 1. The lowest BCUT2D eigenvalue weighted by Gasteiger charge is -2.29. The molecule has 1 aliphatic rings. The first-order chi connectivity index (χ1) is 13.6. The van der Waals surface area contributed by atoms with E-state index in [4.69, 9.17) is 4.52 Å². The Morgan fingerprint density at radius 1 is 1.00 bits per heavy atom. The summed E-state index contributed by atoms with van der Waals surface area (Å²) in [6.07, 6.45) is 0. The second-order valence-electron chi connectivity index (χ2n) is 7.71. The molecule has 1 aromatic heterocycles. The van der Waals surface area contributed by atoms with Gasteiger partial charge in [-0.3, -0.25) is 24.1 Å². The van der Waals surface area contributed by atoms with Gasteiger partial charge in [-0.05, 0) is 45.9 Å². The van der Waals surface area contributed by atoms with Crippen LogP contribution in [0.5, 0.6) is 0 Å². The van der Waals surface area contributed by atoms with Crippen LogP contribution in [0.2, 0.25) is 0 Å². The average molecular weight is 398 g/mol. The van der Waals surface area contributed by atoms with E-state index in [1.54, 1.807) is 27.7 Å². The van der Waals surface area contributed by atoms with Crippen molar-refractivity contribution < 1.29 is 23.7 Å². The van der Waals surface area contributed by atoms with Gasteiger partial charge in [-0.25, -0.2) is 0 Å². The number of aryl methyl sites for hydroxylation is 1. The molecule has 1 aromatic carbocycles. The lowest BCUT2D eigenvalue weighted by atomic mass is 10.1. The van der Waals surface area contributed by atoms with Gasteiger partial charge in [0.2, 0.25) is 0 Å². The van der Waals surface area contributed by atoms with Crippen molar-refractivity contribution in [2.45, 2.75) is 33.2 Å². The van der Waals surface area contributed by atoms with Crippen LogP contribution in [0.4, 0.5) is 0 Å². The second-order valence-corrected chi connectivity index (χ2v) is 7.71. The molecule has 0 spiro atoms. The van der Waals surface area contributed by atoms with Gasteiger partial charge in [0.25, 0.3) is 23.6 Å². The summed E-state index contributed by atoms with van der Waals surface area (Å²) in [6.45, 7) is 7.38. The summed E-state index contributed by atoms with van der Waals surface area (Å²) in [5.41, 5.74) is 0.276. The molecule has 152 valence electrons. The summed E-state index contributed by atoms with van der Waals surface area (Å²) in [5, 5.41) is 8.89. The first kappa shape index (κ1) is 20.2. The highest BCUT2D eigenvalue weighted by atomic mass is 16.5. The van der Waals surface area contributed by atoms with Crippen LogP contribution in [0.25, 0.3) is 0 Å². The van der Waals surface area contributed by atoms with Gasteiger partial charge in [0, 0.05) is 30.3 Å². The number of hydrogen-bond acceptors (Lipinski definition) is 6. The number of aromatic nitrogens is 1. The Labute approximate surface area is 167 Å². The maximum Gasteiger partial charge on any atom is 0.273 e. The molecule has 0 aliphatic carbocycles. The van der Waals surface area contributed by atoms with Crippen LogP contribution in [0.15, 0.2) is 28.8 Å². The van der Waals surface area contributed by atoms with Crippen molar-refractivity contribution in [1.82, 2.24) is 20.7 Å². The molecule has 3 rings (SSSR count). The molecule has 0 radical (unpaired) electrons. The molecule has 0 atom stereocenters. The van der Waals surface area contributed by atoms with Crippen molar-refractivity contribution in [1.29, 1.82) is 0 Å². The fourth-order valence-electron chi connectivity index (χ4n) is 3.01. The van der Waals surface area contributed by atoms with E-state index in [1.807, 2.05) is 0 Å². The number of nitrogens with one attached hydrogen (secondary N) is 2. The van der Waals surface area contributed by atoms with Crippen LogP contribution in [0, 0.1) is 6.92 Å². The fraction of sp³-hybridized carbons (Fsp3) is 0.350. The molecule has 0 unspecified atom stereocenters. The Hall–Kier alpha value is -3.49. The van der Waals surface area contributed by atoms with Gasteiger partial charge in [0.15, 0.2) is 5.69 Å². The number of hydrogen-bond donors (Lipinski definition) is 2. The highest BCUT2D eigenvalue weighted by molar-refractivity contribution is 6.22. The van der Waals surface area contributed by atoms with Crippen LogP contribution in [-0.4, -0.2) is 52.3 Å². The molecule has 4 amide bonds. The van der Waals surface area contributed by atoms with Gasteiger partial charge in [0.05, 0.1) is 11.1 Å². The number of rotatable bonds is 5. The van der Waals surface area contributed by atoms with E-state index < -0.39 is 23.3 Å². The molecule has 0 bridgehead atoms. The first-order valence-electron chi connectivity index (χ1n) is 9.12. The van der Waals surface area contributed by atoms with E-state index in [-0.39, 0.29) is 41.4 Å². The van der Waals surface area contributed by atoms with E-state index in [0.717, 1.165) is 0 Å². The Balaban J connectivity index is 1.59. The molecule has 1 aliphatic heterocycles. The normalized spacial score (nSPS) is 13.4. The third-order valence-electron chi connectivity index (χ3n) is 4.38. The Kier molecular flexibility index (Phi) is 5.23. The number of fused-ring (bicyclic) bond motifs is 1. The second kappa shape index (κ2) is 7.50. The summed E-state index contributed by atoms with van der Waals surface area (Å²) in [4.78, 5) is 50.5. The molecule has 2 N–H and O–H groups in total. The Bertz CT molecular complexity index is 1000. The lowest BCUT2D eigenvalue weighted by molar-refractivity contribution is 0.0507. The standard InChI is InChI=1S/C20H22N4O5/c1-11-9-15(23-29-11)17(26)22-8-7-21-16(25)12-5-6-13-14(10-12)19(28)24(18(13)27)20(2,3)4/h5-6,9-10H,7-8H2,1-4H3,(H,21,25)(H,22,26).